The van der Waals surface area contributed by atoms with Crippen LogP contribution in [-0.2, 0) is 6.42 Å². The summed E-state index contributed by atoms with van der Waals surface area (Å²) < 4.78 is 5.70. The highest BCUT2D eigenvalue weighted by molar-refractivity contribution is 5.46. The Morgan fingerprint density at radius 1 is 1.24 bits per heavy atom. The Bertz CT molecular complexity index is 452. The van der Waals surface area contributed by atoms with Gasteiger partial charge in [0, 0.05) is 30.1 Å². The van der Waals surface area contributed by atoms with Gasteiger partial charge in [-0.05, 0) is 24.6 Å². The van der Waals surface area contributed by atoms with Crippen molar-refractivity contribution in [1.82, 2.24) is 4.98 Å². The first-order valence-electron chi connectivity index (χ1n) is 5.64. The van der Waals surface area contributed by atoms with Gasteiger partial charge in [-0.1, -0.05) is 18.2 Å². The second-order valence-corrected chi connectivity index (χ2v) is 3.94. The van der Waals surface area contributed by atoms with Crippen molar-refractivity contribution < 1.29 is 4.74 Å². The Morgan fingerprint density at radius 3 is 2.82 bits per heavy atom. The summed E-state index contributed by atoms with van der Waals surface area (Å²) in [7, 11) is 0. The van der Waals surface area contributed by atoms with Gasteiger partial charge >= 0.3 is 0 Å². The number of hydrogen-bond donors (Lipinski definition) is 1. The fraction of sp³-hybridized carbons (Fsp3) is 0.214. The topological polar surface area (TPSA) is 48.1 Å². The van der Waals surface area contributed by atoms with Crippen LogP contribution in [-0.4, -0.2) is 11.6 Å². The van der Waals surface area contributed by atoms with E-state index in [9.17, 15) is 0 Å². The van der Waals surface area contributed by atoms with Crippen molar-refractivity contribution >= 4 is 5.69 Å². The summed E-state index contributed by atoms with van der Waals surface area (Å²) in [6.45, 7) is 2.61. The van der Waals surface area contributed by atoms with Crippen molar-refractivity contribution in [1.29, 1.82) is 0 Å². The normalized spacial score (nSPS) is 10.2. The van der Waals surface area contributed by atoms with Crippen LogP contribution in [0.5, 0.6) is 5.75 Å². The maximum atomic E-state index is 5.86. The second kappa shape index (κ2) is 5.34. The van der Waals surface area contributed by atoms with Crippen LogP contribution in [0.15, 0.2) is 42.7 Å². The van der Waals surface area contributed by atoms with Crippen LogP contribution in [0, 0.1) is 6.92 Å². The van der Waals surface area contributed by atoms with E-state index < -0.39 is 0 Å². The molecule has 1 aromatic carbocycles. The van der Waals surface area contributed by atoms with E-state index in [-0.39, 0.29) is 0 Å². The molecular formula is C14H16N2O. The third-order valence-corrected chi connectivity index (χ3v) is 2.65. The minimum atomic E-state index is 0.624. The molecule has 3 heteroatoms. The zero-order chi connectivity index (χ0) is 12.1. The zero-order valence-electron chi connectivity index (χ0n) is 9.89. The van der Waals surface area contributed by atoms with E-state index in [1.165, 1.54) is 0 Å². The van der Waals surface area contributed by atoms with Crippen LogP contribution < -0.4 is 10.5 Å². The Labute approximate surface area is 101 Å². The molecule has 2 aromatic rings. The Balaban J connectivity index is 1.93. The maximum absolute atomic E-state index is 5.86. The Hall–Kier alpha value is -2.03. The van der Waals surface area contributed by atoms with E-state index in [1.54, 1.807) is 12.4 Å². The fourth-order valence-electron chi connectivity index (χ4n) is 1.66. The number of rotatable bonds is 4. The minimum absolute atomic E-state index is 0.624. The van der Waals surface area contributed by atoms with Crippen molar-refractivity contribution in [2.45, 2.75) is 13.3 Å². The van der Waals surface area contributed by atoms with Crippen LogP contribution >= 0.6 is 0 Å². The first-order chi connectivity index (χ1) is 8.27. The van der Waals surface area contributed by atoms with Gasteiger partial charge in [0.15, 0.2) is 0 Å². The predicted molar refractivity (Wildman–Crippen MR) is 69.0 cm³/mol. The van der Waals surface area contributed by atoms with Crippen LogP contribution in [0.2, 0.25) is 0 Å². The number of nitrogen functional groups attached to an aromatic ring is 1. The first-order valence-corrected chi connectivity index (χ1v) is 5.64. The SMILES string of the molecule is Cc1cnccc1OCCc1ccccc1N. The van der Waals surface area contributed by atoms with Gasteiger partial charge in [-0.3, -0.25) is 4.98 Å². The number of para-hydroxylation sites is 1. The first kappa shape index (κ1) is 11.5. The zero-order valence-corrected chi connectivity index (χ0v) is 9.89. The van der Waals surface area contributed by atoms with E-state index >= 15 is 0 Å². The molecule has 0 fully saturated rings. The van der Waals surface area contributed by atoms with Gasteiger partial charge in [0.2, 0.25) is 0 Å². The standard InChI is InChI=1S/C14H16N2O/c1-11-10-16-8-6-14(11)17-9-7-12-4-2-3-5-13(12)15/h2-6,8,10H,7,9,15H2,1H3. The van der Waals surface area contributed by atoms with Crippen molar-refractivity contribution in [2.75, 3.05) is 12.3 Å². The van der Waals surface area contributed by atoms with Gasteiger partial charge in [-0.25, -0.2) is 0 Å². The smallest absolute Gasteiger partial charge is 0.125 e. The van der Waals surface area contributed by atoms with Gasteiger partial charge in [0.1, 0.15) is 5.75 Å². The molecule has 1 aromatic heterocycles. The van der Waals surface area contributed by atoms with Gasteiger partial charge in [0.05, 0.1) is 6.61 Å². The molecule has 0 spiro atoms. The van der Waals surface area contributed by atoms with Crippen LogP contribution in [0.3, 0.4) is 0 Å². The molecule has 0 bridgehead atoms. The largest absolute Gasteiger partial charge is 0.493 e. The Morgan fingerprint density at radius 2 is 2.06 bits per heavy atom. The van der Waals surface area contributed by atoms with Crippen LogP contribution in [0.4, 0.5) is 5.69 Å². The lowest BCUT2D eigenvalue weighted by atomic mass is 10.1. The molecule has 0 aliphatic heterocycles. The summed E-state index contributed by atoms with van der Waals surface area (Å²) >= 11 is 0. The molecular weight excluding hydrogens is 212 g/mol. The minimum Gasteiger partial charge on any atom is -0.493 e. The van der Waals surface area contributed by atoms with E-state index in [1.807, 2.05) is 37.3 Å². The molecule has 1 heterocycles. The lowest BCUT2D eigenvalue weighted by Crippen LogP contribution is -2.04. The molecule has 17 heavy (non-hydrogen) atoms. The molecule has 88 valence electrons. The number of benzene rings is 1. The predicted octanol–water partition coefficient (Wildman–Crippen LogP) is 2.59. The molecule has 0 amide bonds. The molecule has 0 unspecified atom stereocenters. The molecule has 0 radical (unpaired) electrons. The number of ether oxygens (including phenoxy) is 1. The molecule has 2 N–H and O–H groups in total. The highest BCUT2D eigenvalue weighted by atomic mass is 16.5. The summed E-state index contributed by atoms with van der Waals surface area (Å²) in [6.07, 6.45) is 4.35. The maximum Gasteiger partial charge on any atom is 0.125 e. The van der Waals surface area contributed by atoms with Gasteiger partial charge in [0.25, 0.3) is 0 Å². The summed E-state index contributed by atoms with van der Waals surface area (Å²) in [4.78, 5) is 4.03. The third kappa shape index (κ3) is 2.97. The summed E-state index contributed by atoms with van der Waals surface area (Å²) in [5.74, 6) is 0.884. The number of nitrogens with two attached hydrogens (primary N) is 1. The number of anilines is 1. The number of pyridine rings is 1. The van der Waals surface area contributed by atoms with Crippen molar-refractivity contribution in [3.8, 4) is 5.75 Å². The van der Waals surface area contributed by atoms with Gasteiger partial charge in [-0.15, -0.1) is 0 Å². The lowest BCUT2D eigenvalue weighted by molar-refractivity contribution is 0.319. The quantitative estimate of drug-likeness (QED) is 0.818. The molecule has 2 rings (SSSR count). The highest BCUT2D eigenvalue weighted by Crippen LogP contribution is 2.16. The molecule has 0 saturated carbocycles. The fourth-order valence-corrected chi connectivity index (χ4v) is 1.66. The highest BCUT2D eigenvalue weighted by Gasteiger charge is 2.00. The van der Waals surface area contributed by atoms with E-state index in [4.69, 9.17) is 10.5 Å². The van der Waals surface area contributed by atoms with Gasteiger partial charge < -0.3 is 10.5 Å². The van der Waals surface area contributed by atoms with Crippen LogP contribution in [0.25, 0.3) is 0 Å². The summed E-state index contributed by atoms with van der Waals surface area (Å²) in [5.41, 5.74) is 8.86. The lowest BCUT2D eigenvalue weighted by Gasteiger charge is -2.09. The molecule has 0 atom stereocenters. The Kier molecular flexibility index (Phi) is 3.60. The van der Waals surface area contributed by atoms with E-state index in [0.29, 0.717) is 6.61 Å². The summed E-state index contributed by atoms with van der Waals surface area (Å²) in [5, 5.41) is 0. The molecule has 3 nitrogen and oxygen atoms in total. The molecule has 0 saturated heterocycles. The molecule has 0 aliphatic rings. The molecule has 0 aliphatic carbocycles. The van der Waals surface area contributed by atoms with Crippen molar-refractivity contribution in [2.24, 2.45) is 0 Å². The number of nitrogens with zero attached hydrogens (tertiary/aromatic N) is 1. The average Bonchev–Trinajstić information content (AvgIpc) is 2.34. The number of aromatic nitrogens is 1. The number of aryl methyl sites for hydroxylation is 1. The van der Waals surface area contributed by atoms with Crippen molar-refractivity contribution in [3.63, 3.8) is 0 Å². The van der Waals surface area contributed by atoms with Crippen molar-refractivity contribution in [3.05, 3.63) is 53.9 Å². The van der Waals surface area contributed by atoms with E-state index in [0.717, 1.165) is 29.0 Å². The van der Waals surface area contributed by atoms with Crippen LogP contribution in [0.1, 0.15) is 11.1 Å². The third-order valence-electron chi connectivity index (χ3n) is 2.65. The summed E-state index contributed by atoms with van der Waals surface area (Å²) in [6, 6.07) is 9.74. The second-order valence-electron chi connectivity index (χ2n) is 3.94. The van der Waals surface area contributed by atoms with Gasteiger partial charge in [-0.2, -0.15) is 0 Å². The number of hydrogen-bond acceptors (Lipinski definition) is 3. The monoisotopic (exact) mass is 228 g/mol. The average molecular weight is 228 g/mol. The van der Waals surface area contributed by atoms with E-state index in [2.05, 4.69) is 4.98 Å².